The van der Waals surface area contributed by atoms with Crippen LogP contribution in [0.5, 0.6) is 5.75 Å². The van der Waals surface area contributed by atoms with E-state index < -0.39 is 6.09 Å². The molecule has 0 aromatic heterocycles. The smallest absolute Gasteiger partial charge is 0.410 e. The van der Waals surface area contributed by atoms with Gasteiger partial charge in [-0.1, -0.05) is 37.0 Å². The molecule has 0 aliphatic carbocycles. The van der Waals surface area contributed by atoms with E-state index in [1.807, 2.05) is 13.8 Å². The van der Waals surface area contributed by atoms with E-state index >= 15 is 0 Å². The van der Waals surface area contributed by atoms with Crippen molar-refractivity contribution in [1.82, 2.24) is 5.32 Å². The topological polar surface area (TPSA) is 38.3 Å². The minimum absolute atomic E-state index is 0.208. The van der Waals surface area contributed by atoms with Gasteiger partial charge in [-0.05, 0) is 18.1 Å². The second-order valence-electron chi connectivity index (χ2n) is 3.80. The molecular formula is C11H13Cl2NO2S. The number of thiol groups is 1. The standard InChI is InChI=1S/C11H13Cl2NO2S/c1-6(2)10(17)14-11(15)16-7-3-4-8(12)9(13)5-7/h3-6,10,17H,1-2H3,(H,14,15). The molecule has 0 fully saturated rings. The fourth-order valence-electron chi connectivity index (χ4n) is 0.964. The van der Waals surface area contributed by atoms with Crippen molar-refractivity contribution in [1.29, 1.82) is 0 Å². The first-order valence-electron chi connectivity index (χ1n) is 5.01. The van der Waals surface area contributed by atoms with Crippen LogP contribution in [0.25, 0.3) is 0 Å². The van der Waals surface area contributed by atoms with E-state index in [0.29, 0.717) is 15.8 Å². The van der Waals surface area contributed by atoms with Crippen LogP contribution in [0.2, 0.25) is 10.0 Å². The molecule has 1 atom stereocenters. The Bertz CT molecular complexity index is 412. The molecular weight excluding hydrogens is 281 g/mol. The summed E-state index contributed by atoms with van der Waals surface area (Å²) in [7, 11) is 0. The number of ether oxygens (including phenoxy) is 1. The van der Waals surface area contributed by atoms with Gasteiger partial charge in [0.25, 0.3) is 0 Å². The summed E-state index contributed by atoms with van der Waals surface area (Å²) in [6.45, 7) is 3.88. The number of carbonyl (C=O) groups is 1. The number of amides is 1. The van der Waals surface area contributed by atoms with E-state index in [1.54, 1.807) is 12.1 Å². The highest BCUT2D eigenvalue weighted by atomic mass is 35.5. The Hall–Kier alpha value is -0.580. The van der Waals surface area contributed by atoms with E-state index in [2.05, 4.69) is 17.9 Å². The zero-order valence-electron chi connectivity index (χ0n) is 9.41. The lowest BCUT2D eigenvalue weighted by Gasteiger charge is -2.16. The Labute approximate surface area is 116 Å². The maximum atomic E-state index is 11.5. The van der Waals surface area contributed by atoms with Crippen LogP contribution < -0.4 is 10.1 Å². The fraction of sp³-hybridized carbons (Fsp3) is 0.364. The van der Waals surface area contributed by atoms with Crippen LogP contribution in [0.3, 0.4) is 0 Å². The maximum absolute atomic E-state index is 11.5. The second kappa shape index (κ2) is 6.38. The summed E-state index contributed by atoms with van der Waals surface area (Å²) in [5.41, 5.74) is 0. The number of nitrogens with one attached hydrogen (secondary N) is 1. The molecule has 1 rings (SSSR count). The lowest BCUT2D eigenvalue weighted by atomic mass is 10.2. The zero-order valence-corrected chi connectivity index (χ0v) is 11.8. The molecule has 0 spiro atoms. The van der Waals surface area contributed by atoms with Gasteiger partial charge >= 0.3 is 6.09 Å². The third kappa shape index (κ3) is 4.66. The van der Waals surface area contributed by atoms with E-state index in [0.717, 1.165) is 0 Å². The number of carbonyl (C=O) groups excluding carboxylic acids is 1. The Morgan fingerprint density at radius 3 is 2.53 bits per heavy atom. The maximum Gasteiger partial charge on any atom is 0.413 e. The van der Waals surface area contributed by atoms with Crippen molar-refractivity contribution in [3.05, 3.63) is 28.2 Å². The number of hydrogen-bond donors (Lipinski definition) is 2. The molecule has 0 aliphatic heterocycles. The average Bonchev–Trinajstić information content (AvgIpc) is 2.23. The molecule has 94 valence electrons. The summed E-state index contributed by atoms with van der Waals surface area (Å²) in [6.07, 6.45) is -0.572. The van der Waals surface area contributed by atoms with Crippen LogP contribution in [0.4, 0.5) is 4.79 Å². The van der Waals surface area contributed by atoms with Crippen molar-refractivity contribution in [2.24, 2.45) is 5.92 Å². The minimum Gasteiger partial charge on any atom is -0.410 e. The third-order valence-electron chi connectivity index (χ3n) is 2.00. The molecule has 0 saturated heterocycles. The molecule has 0 aliphatic rings. The van der Waals surface area contributed by atoms with Gasteiger partial charge in [-0.2, -0.15) is 12.6 Å². The van der Waals surface area contributed by atoms with E-state index in [1.165, 1.54) is 6.07 Å². The monoisotopic (exact) mass is 293 g/mol. The summed E-state index contributed by atoms with van der Waals surface area (Å²) in [4.78, 5) is 11.5. The number of hydrogen-bond acceptors (Lipinski definition) is 3. The lowest BCUT2D eigenvalue weighted by Crippen LogP contribution is -2.36. The molecule has 1 N–H and O–H groups in total. The fourth-order valence-corrected chi connectivity index (χ4v) is 1.36. The van der Waals surface area contributed by atoms with Crippen molar-refractivity contribution in [3.8, 4) is 5.75 Å². The largest absolute Gasteiger partial charge is 0.413 e. The van der Waals surface area contributed by atoms with Gasteiger partial charge in [0.2, 0.25) is 0 Å². The highest BCUT2D eigenvalue weighted by Gasteiger charge is 2.13. The molecule has 0 bridgehead atoms. The average molecular weight is 294 g/mol. The predicted molar refractivity (Wildman–Crippen MR) is 73.2 cm³/mol. The summed E-state index contributed by atoms with van der Waals surface area (Å²) in [5.74, 6) is 0.542. The van der Waals surface area contributed by atoms with E-state index in [-0.39, 0.29) is 11.3 Å². The predicted octanol–water partition coefficient (Wildman–Crippen LogP) is 3.99. The number of rotatable bonds is 3. The molecule has 3 nitrogen and oxygen atoms in total. The van der Waals surface area contributed by atoms with Gasteiger partial charge in [0.15, 0.2) is 0 Å². The van der Waals surface area contributed by atoms with Crippen molar-refractivity contribution >= 4 is 41.9 Å². The molecule has 1 aromatic rings. The van der Waals surface area contributed by atoms with Gasteiger partial charge in [-0.15, -0.1) is 0 Å². The lowest BCUT2D eigenvalue weighted by molar-refractivity contribution is 0.197. The quantitative estimate of drug-likeness (QED) is 0.653. The highest BCUT2D eigenvalue weighted by molar-refractivity contribution is 7.80. The van der Waals surface area contributed by atoms with Crippen LogP contribution in [0.15, 0.2) is 18.2 Å². The Morgan fingerprint density at radius 2 is 2.00 bits per heavy atom. The molecule has 1 unspecified atom stereocenters. The van der Waals surface area contributed by atoms with E-state index in [4.69, 9.17) is 27.9 Å². The number of halogens is 2. The van der Waals surface area contributed by atoms with Gasteiger partial charge in [0, 0.05) is 6.07 Å². The number of benzene rings is 1. The summed E-state index contributed by atoms with van der Waals surface area (Å²) in [6, 6.07) is 4.61. The van der Waals surface area contributed by atoms with E-state index in [9.17, 15) is 4.79 Å². The summed E-state index contributed by atoms with van der Waals surface area (Å²) >= 11 is 15.7. The SMILES string of the molecule is CC(C)C(S)NC(=O)Oc1ccc(Cl)c(Cl)c1. The van der Waals surface area contributed by atoms with Crippen LogP contribution in [0.1, 0.15) is 13.8 Å². The zero-order chi connectivity index (χ0) is 13.0. The summed E-state index contributed by atoms with van der Waals surface area (Å²) < 4.78 is 5.03. The molecule has 17 heavy (non-hydrogen) atoms. The van der Waals surface area contributed by atoms with Gasteiger partial charge in [0.05, 0.1) is 15.4 Å². The first-order chi connectivity index (χ1) is 7.90. The van der Waals surface area contributed by atoms with Gasteiger partial charge < -0.3 is 10.1 Å². The van der Waals surface area contributed by atoms with Crippen molar-refractivity contribution in [2.75, 3.05) is 0 Å². The molecule has 0 heterocycles. The first-order valence-corrected chi connectivity index (χ1v) is 6.29. The third-order valence-corrected chi connectivity index (χ3v) is 3.46. The first kappa shape index (κ1) is 14.5. The molecule has 0 radical (unpaired) electrons. The normalized spacial score (nSPS) is 12.4. The minimum atomic E-state index is -0.572. The molecule has 0 saturated carbocycles. The van der Waals surface area contributed by atoms with Gasteiger partial charge in [-0.25, -0.2) is 4.79 Å². The Balaban J connectivity index is 2.59. The van der Waals surface area contributed by atoms with Gasteiger partial charge in [0.1, 0.15) is 5.75 Å². The van der Waals surface area contributed by atoms with Crippen LogP contribution in [0, 0.1) is 5.92 Å². The Kier molecular flexibility index (Phi) is 5.43. The Morgan fingerprint density at radius 1 is 1.35 bits per heavy atom. The molecule has 6 heteroatoms. The summed E-state index contributed by atoms with van der Waals surface area (Å²) in [5, 5.41) is 3.08. The van der Waals surface area contributed by atoms with Crippen LogP contribution in [-0.4, -0.2) is 11.5 Å². The van der Waals surface area contributed by atoms with Crippen LogP contribution in [-0.2, 0) is 0 Å². The van der Waals surface area contributed by atoms with Crippen molar-refractivity contribution < 1.29 is 9.53 Å². The molecule has 1 aromatic carbocycles. The second-order valence-corrected chi connectivity index (χ2v) is 5.17. The highest BCUT2D eigenvalue weighted by Crippen LogP contribution is 2.26. The van der Waals surface area contributed by atoms with Gasteiger partial charge in [-0.3, -0.25) is 0 Å². The van der Waals surface area contributed by atoms with Crippen LogP contribution >= 0.6 is 35.8 Å². The van der Waals surface area contributed by atoms with Crippen molar-refractivity contribution in [2.45, 2.75) is 19.2 Å². The van der Waals surface area contributed by atoms with Crippen molar-refractivity contribution in [3.63, 3.8) is 0 Å². The molecule has 1 amide bonds.